The van der Waals surface area contributed by atoms with Crippen LogP contribution in [0, 0.1) is 12.8 Å². The topological polar surface area (TPSA) is 105 Å². The molecule has 1 aliphatic rings. The van der Waals surface area contributed by atoms with Gasteiger partial charge in [0.2, 0.25) is 17.7 Å². The smallest absolute Gasteiger partial charge is 0.248 e. The second-order valence-electron chi connectivity index (χ2n) is 7.07. The summed E-state index contributed by atoms with van der Waals surface area (Å²) in [5.41, 5.74) is 8.14. The van der Waals surface area contributed by atoms with E-state index in [1.807, 2.05) is 25.1 Å². The van der Waals surface area contributed by atoms with Gasteiger partial charge in [-0.05, 0) is 42.8 Å². The number of nitrogens with two attached hydrogens (primary N) is 1. The van der Waals surface area contributed by atoms with Crippen molar-refractivity contribution < 1.29 is 14.4 Å². The Balaban J connectivity index is 1.40. The number of aryl methyl sites for hydroxylation is 1. The van der Waals surface area contributed by atoms with Crippen molar-refractivity contribution in [3.05, 3.63) is 58.6 Å². The minimum Gasteiger partial charge on any atom is -0.366 e. The first-order valence-electron chi connectivity index (χ1n) is 9.25. The van der Waals surface area contributed by atoms with Gasteiger partial charge in [-0.2, -0.15) is 0 Å². The van der Waals surface area contributed by atoms with Crippen LogP contribution in [0.4, 0.5) is 5.69 Å². The number of fused-ring (bicyclic) bond motifs is 1. The standard InChI is InChI=1S/C21H20N4O3S/c1-12-24-17-9-16(6-7-18(17)29-12)25-11-15(8-19(25)26)21(28)23-10-13-2-4-14(5-3-13)20(22)27/h2-7,9,15H,8,10-11H2,1H3,(H2,22,27)(H,23,28). The van der Waals surface area contributed by atoms with E-state index in [-0.39, 0.29) is 18.2 Å². The molecule has 148 valence electrons. The number of rotatable bonds is 5. The van der Waals surface area contributed by atoms with E-state index in [0.717, 1.165) is 26.5 Å². The van der Waals surface area contributed by atoms with E-state index in [1.54, 1.807) is 40.5 Å². The molecule has 0 aliphatic carbocycles. The second kappa shape index (κ2) is 7.63. The van der Waals surface area contributed by atoms with E-state index in [2.05, 4.69) is 10.3 Å². The number of thiazole rings is 1. The van der Waals surface area contributed by atoms with Crippen molar-refractivity contribution in [2.75, 3.05) is 11.4 Å². The number of primary amides is 1. The molecule has 1 saturated heterocycles. The third kappa shape index (κ3) is 3.97. The summed E-state index contributed by atoms with van der Waals surface area (Å²) >= 11 is 1.61. The quantitative estimate of drug-likeness (QED) is 0.676. The molecular weight excluding hydrogens is 388 g/mol. The van der Waals surface area contributed by atoms with E-state index in [9.17, 15) is 14.4 Å². The van der Waals surface area contributed by atoms with Crippen LogP contribution in [0.2, 0.25) is 0 Å². The highest BCUT2D eigenvalue weighted by Crippen LogP contribution is 2.30. The molecule has 4 rings (SSSR count). The Hall–Kier alpha value is -3.26. The summed E-state index contributed by atoms with van der Waals surface area (Å²) in [6.45, 7) is 2.62. The lowest BCUT2D eigenvalue weighted by molar-refractivity contribution is -0.126. The number of nitrogens with zero attached hydrogens (tertiary/aromatic N) is 2. The summed E-state index contributed by atoms with van der Waals surface area (Å²) in [6.07, 6.45) is 0.181. The lowest BCUT2D eigenvalue weighted by Crippen LogP contribution is -2.32. The molecule has 1 aromatic heterocycles. The Kier molecular flexibility index (Phi) is 5.02. The zero-order valence-electron chi connectivity index (χ0n) is 15.8. The van der Waals surface area contributed by atoms with Gasteiger partial charge in [0.15, 0.2) is 0 Å². The number of carbonyl (C=O) groups excluding carboxylic acids is 3. The molecule has 1 atom stereocenters. The van der Waals surface area contributed by atoms with Crippen molar-refractivity contribution in [1.29, 1.82) is 0 Å². The minimum atomic E-state index is -0.490. The first-order valence-corrected chi connectivity index (χ1v) is 10.1. The largest absolute Gasteiger partial charge is 0.366 e. The van der Waals surface area contributed by atoms with Gasteiger partial charge >= 0.3 is 0 Å². The monoisotopic (exact) mass is 408 g/mol. The minimum absolute atomic E-state index is 0.0673. The Bertz CT molecular complexity index is 1110. The maximum Gasteiger partial charge on any atom is 0.248 e. The summed E-state index contributed by atoms with van der Waals surface area (Å²) in [5.74, 6) is -1.12. The number of nitrogens with one attached hydrogen (secondary N) is 1. The van der Waals surface area contributed by atoms with Crippen LogP contribution in [0.25, 0.3) is 10.2 Å². The molecular formula is C21H20N4O3S. The van der Waals surface area contributed by atoms with Crippen molar-refractivity contribution in [2.45, 2.75) is 19.9 Å². The van der Waals surface area contributed by atoms with Crippen LogP contribution in [0.15, 0.2) is 42.5 Å². The van der Waals surface area contributed by atoms with Crippen LogP contribution in [0.5, 0.6) is 0 Å². The maximum absolute atomic E-state index is 12.6. The van der Waals surface area contributed by atoms with Gasteiger partial charge in [0.05, 0.1) is 21.1 Å². The average Bonchev–Trinajstić information content (AvgIpc) is 3.27. The summed E-state index contributed by atoms with van der Waals surface area (Å²) in [5, 5.41) is 3.85. The molecule has 7 nitrogen and oxygen atoms in total. The summed E-state index contributed by atoms with van der Waals surface area (Å²) in [4.78, 5) is 42.3. The fraction of sp³-hybridized carbons (Fsp3) is 0.238. The number of hydrogen-bond acceptors (Lipinski definition) is 5. The summed E-state index contributed by atoms with van der Waals surface area (Å²) in [6, 6.07) is 12.5. The zero-order chi connectivity index (χ0) is 20.5. The first kappa shape index (κ1) is 19.1. The molecule has 29 heavy (non-hydrogen) atoms. The molecule has 8 heteroatoms. The molecule has 1 fully saturated rings. The van der Waals surface area contributed by atoms with Crippen molar-refractivity contribution in [1.82, 2.24) is 10.3 Å². The van der Waals surface area contributed by atoms with Gasteiger partial charge in [0, 0.05) is 30.8 Å². The van der Waals surface area contributed by atoms with E-state index < -0.39 is 11.8 Å². The lowest BCUT2D eigenvalue weighted by Gasteiger charge is -2.16. The normalized spacial score (nSPS) is 16.4. The zero-order valence-corrected chi connectivity index (χ0v) is 16.7. The molecule has 1 aliphatic heterocycles. The van der Waals surface area contributed by atoms with Crippen LogP contribution in [-0.4, -0.2) is 29.3 Å². The second-order valence-corrected chi connectivity index (χ2v) is 8.30. The predicted molar refractivity (Wildman–Crippen MR) is 112 cm³/mol. The van der Waals surface area contributed by atoms with E-state index in [0.29, 0.717) is 18.7 Å². The molecule has 0 spiro atoms. The fourth-order valence-electron chi connectivity index (χ4n) is 3.45. The average molecular weight is 408 g/mol. The van der Waals surface area contributed by atoms with Crippen LogP contribution in [0.1, 0.15) is 27.3 Å². The third-order valence-electron chi connectivity index (χ3n) is 4.99. The van der Waals surface area contributed by atoms with Crippen molar-refractivity contribution >= 4 is 45.0 Å². The Morgan fingerprint density at radius 1 is 1.24 bits per heavy atom. The van der Waals surface area contributed by atoms with Crippen molar-refractivity contribution in [2.24, 2.45) is 11.7 Å². The highest BCUT2D eigenvalue weighted by Gasteiger charge is 2.35. The predicted octanol–water partition coefficient (Wildman–Crippen LogP) is 2.37. The van der Waals surface area contributed by atoms with E-state index in [1.165, 1.54) is 0 Å². The van der Waals surface area contributed by atoms with E-state index >= 15 is 0 Å². The molecule has 3 N–H and O–H groups in total. The van der Waals surface area contributed by atoms with Gasteiger partial charge < -0.3 is 16.0 Å². The number of amides is 3. The highest BCUT2D eigenvalue weighted by molar-refractivity contribution is 7.18. The summed E-state index contributed by atoms with van der Waals surface area (Å²) in [7, 11) is 0. The molecule has 0 bridgehead atoms. The molecule has 3 amide bonds. The molecule has 0 saturated carbocycles. The van der Waals surface area contributed by atoms with Crippen LogP contribution in [0.3, 0.4) is 0 Å². The van der Waals surface area contributed by atoms with E-state index in [4.69, 9.17) is 5.73 Å². The van der Waals surface area contributed by atoms with Gasteiger partial charge in [0.25, 0.3) is 0 Å². The fourth-order valence-corrected chi connectivity index (χ4v) is 4.26. The third-order valence-corrected chi connectivity index (χ3v) is 5.94. The number of hydrogen-bond donors (Lipinski definition) is 2. The number of carbonyl (C=O) groups is 3. The molecule has 0 radical (unpaired) electrons. The highest BCUT2D eigenvalue weighted by atomic mass is 32.1. The van der Waals surface area contributed by atoms with Gasteiger partial charge in [-0.15, -0.1) is 11.3 Å². The Morgan fingerprint density at radius 2 is 2.00 bits per heavy atom. The molecule has 3 aromatic rings. The van der Waals surface area contributed by atoms with Crippen LogP contribution in [-0.2, 0) is 16.1 Å². The molecule has 1 unspecified atom stereocenters. The van der Waals surface area contributed by atoms with Gasteiger partial charge in [-0.1, -0.05) is 12.1 Å². The first-order chi connectivity index (χ1) is 13.9. The Labute approximate surface area is 171 Å². The number of aromatic nitrogens is 1. The number of anilines is 1. The SMILES string of the molecule is Cc1nc2cc(N3CC(C(=O)NCc4ccc(C(N)=O)cc4)CC3=O)ccc2s1. The maximum atomic E-state index is 12.6. The van der Waals surface area contributed by atoms with Crippen molar-refractivity contribution in [3.63, 3.8) is 0 Å². The molecule has 2 aromatic carbocycles. The van der Waals surface area contributed by atoms with Crippen LogP contribution >= 0.6 is 11.3 Å². The Morgan fingerprint density at radius 3 is 2.72 bits per heavy atom. The van der Waals surface area contributed by atoms with Crippen molar-refractivity contribution in [3.8, 4) is 0 Å². The number of benzene rings is 2. The van der Waals surface area contributed by atoms with Gasteiger partial charge in [-0.3, -0.25) is 14.4 Å². The summed E-state index contributed by atoms with van der Waals surface area (Å²) < 4.78 is 1.08. The van der Waals surface area contributed by atoms with Crippen LogP contribution < -0.4 is 16.0 Å². The van der Waals surface area contributed by atoms with Gasteiger partial charge in [0.1, 0.15) is 0 Å². The lowest BCUT2D eigenvalue weighted by atomic mass is 10.1. The molecule has 2 heterocycles. The van der Waals surface area contributed by atoms with Gasteiger partial charge in [-0.25, -0.2) is 4.98 Å².